The monoisotopic (exact) mass is 330 g/mol. The van der Waals surface area contributed by atoms with Crippen molar-refractivity contribution in [2.24, 2.45) is 0 Å². The highest BCUT2D eigenvalue weighted by atomic mass is 19.3. The van der Waals surface area contributed by atoms with E-state index < -0.39 is 24.7 Å². The zero-order chi connectivity index (χ0) is 17.0. The van der Waals surface area contributed by atoms with Gasteiger partial charge in [0, 0.05) is 18.3 Å². The molecule has 1 fully saturated rings. The normalized spacial score (nSPS) is 17.2. The first kappa shape index (κ1) is 16.8. The van der Waals surface area contributed by atoms with E-state index in [-0.39, 0.29) is 17.2 Å². The number of carbonyl (C=O) groups excluding carboxylic acids is 1. The molecule has 2 N–H and O–H groups in total. The zero-order valence-corrected chi connectivity index (χ0v) is 12.3. The number of hydrogen-bond acceptors (Lipinski definition) is 4. The van der Waals surface area contributed by atoms with E-state index in [2.05, 4.69) is 10.1 Å². The summed E-state index contributed by atoms with van der Waals surface area (Å²) in [4.78, 5) is 24.4. The van der Waals surface area contributed by atoms with Crippen LogP contribution in [-0.2, 0) is 4.79 Å². The Labute approximate surface area is 130 Å². The fourth-order valence-electron chi connectivity index (χ4n) is 2.40. The highest BCUT2D eigenvalue weighted by molar-refractivity contribution is 5.93. The summed E-state index contributed by atoms with van der Waals surface area (Å²) in [5.74, 6) is -1.21. The van der Waals surface area contributed by atoms with Crippen LogP contribution in [0, 0.1) is 0 Å². The van der Waals surface area contributed by atoms with Gasteiger partial charge in [-0.05, 0) is 25.0 Å². The average molecular weight is 330 g/mol. The Hall–Kier alpha value is -2.58. The van der Waals surface area contributed by atoms with Crippen molar-refractivity contribution in [2.75, 3.05) is 19.0 Å². The standard InChI is InChI=1S/C14H16F2N2O5/c1-22-10-5-4-8(7-11(10)23-13(15)16)17-14(21)18-6-2-3-9(18)12(19)20/h4-5,7,9,13H,2-3,6H2,1H3,(H,17,21)(H,19,20). The minimum atomic E-state index is -3.04. The van der Waals surface area contributed by atoms with Gasteiger partial charge in [0.05, 0.1) is 7.11 Å². The maximum Gasteiger partial charge on any atom is 0.387 e. The fraction of sp³-hybridized carbons (Fsp3) is 0.429. The predicted molar refractivity (Wildman–Crippen MR) is 76.0 cm³/mol. The van der Waals surface area contributed by atoms with Gasteiger partial charge >= 0.3 is 18.6 Å². The number of hydrogen-bond donors (Lipinski definition) is 2. The Morgan fingerprint density at radius 1 is 1.39 bits per heavy atom. The number of anilines is 1. The van der Waals surface area contributed by atoms with Crippen LogP contribution in [0.1, 0.15) is 12.8 Å². The number of carbonyl (C=O) groups is 2. The lowest BCUT2D eigenvalue weighted by Crippen LogP contribution is -2.42. The molecule has 2 rings (SSSR count). The van der Waals surface area contributed by atoms with Crippen molar-refractivity contribution in [2.45, 2.75) is 25.5 Å². The van der Waals surface area contributed by atoms with E-state index in [0.717, 1.165) is 0 Å². The topological polar surface area (TPSA) is 88.1 Å². The third kappa shape index (κ3) is 3.99. The maximum absolute atomic E-state index is 12.4. The molecule has 2 amide bonds. The van der Waals surface area contributed by atoms with Crippen molar-refractivity contribution in [3.05, 3.63) is 18.2 Å². The molecular weight excluding hydrogens is 314 g/mol. The Morgan fingerprint density at radius 2 is 2.13 bits per heavy atom. The number of likely N-dealkylation sites (tertiary alicyclic amines) is 1. The quantitative estimate of drug-likeness (QED) is 0.865. The molecule has 1 aromatic rings. The first-order valence-corrected chi connectivity index (χ1v) is 6.85. The van der Waals surface area contributed by atoms with Crippen LogP contribution in [0.15, 0.2) is 18.2 Å². The SMILES string of the molecule is COc1ccc(NC(=O)N2CCCC2C(=O)O)cc1OC(F)F. The number of carboxylic acids is 1. The Kier molecular flexibility index (Phi) is 5.20. The van der Waals surface area contributed by atoms with E-state index in [1.54, 1.807) is 0 Å². The molecule has 1 saturated heterocycles. The van der Waals surface area contributed by atoms with E-state index in [0.29, 0.717) is 19.4 Å². The number of benzene rings is 1. The zero-order valence-electron chi connectivity index (χ0n) is 12.3. The van der Waals surface area contributed by atoms with Gasteiger partial charge in [0.15, 0.2) is 11.5 Å². The number of nitrogens with zero attached hydrogens (tertiary/aromatic N) is 1. The molecule has 0 aliphatic carbocycles. The molecule has 0 saturated carbocycles. The molecule has 7 nitrogen and oxygen atoms in total. The van der Waals surface area contributed by atoms with Crippen molar-refractivity contribution in [3.8, 4) is 11.5 Å². The Bertz CT molecular complexity index is 597. The summed E-state index contributed by atoms with van der Waals surface area (Å²) >= 11 is 0. The number of amides is 2. The minimum absolute atomic E-state index is 0.0906. The summed E-state index contributed by atoms with van der Waals surface area (Å²) in [6.07, 6.45) is 0.970. The predicted octanol–water partition coefficient (Wildman–Crippen LogP) is 2.38. The second-order valence-electron chi connectivity index (χ2n) is 4.86. The summed E-state index contributed by atoms with van der Waals surface area (Å²) in [5.41, 5.74) is 0.197. The summed E-state index contributed by atoms with van der Waals surface area (Å²) < 4.78 is 34.0. The molecule has 1 aliphatic heterocycles. The lowest BCUT2D eigenvalue weighted by atomic mass is 10.2. The Balaban J connectivity index is 2.13. The van der Waals surface area contributed by atoms with Crippen LogP contribution in [0.5, 0.6) is 11.5 Å². The number of urea groups is 1. The van der Waals surface area contributed by atoms with Crippen LogP contribution in [-0.4, -0.2) is 48.3 Å². The van der Waals surface area contributed by atoms with Gasteiger partial charge in [-0.2, -0.15) is 8.78 Å². The Morgan fingerprint density at radius 3 is 2.74 bits per heavy atom. The van der Waals surface area contributed by atoms with E-state index in [9.17, 15) is 18.4 Å². The first-order valence-electron chi connectivity index (χ1n) is 6.85. The molecular formula is C14H16F2N2O5. The largest absolute Gasteiger partial charge is 0.493 e. The molecule has 23 heavy (non-hydrogen) atoms. The number of ether oxygens (including phenoxy) is 2. The van der Waals surface area contributed by atoms with Gasteiger partial charge < -0.3 is 24.8 Å². The second-order valence-corrected chi connectivity index (χ2v) is 4.86. The lowest BCUT2D eigenvalue weighted by Gasteiger charge is -2.22. The molecule has 0 bridgehead atoms. The number of carboxylic acid groups (broad SMARTS) is 1. The van der Waals surface area contributed by atoms with E-state index >= 15 is 0 Å². The van der Waals surface area contributed by atoms with Crippen molar-refractivity contribution in [3.63, 3.8) is 0 Å². The van der Waals surface area contributed by atoms with Crippen molar-refractivity contribution < 1.29 is 33.0 Å². The molecule has 1 aliphatic rings. The number of alkyl halides is 2. The van der Waals surface area contributed by atoms with Crippen molar-refractivity contribution >= 4 is 17.7 Å². The van der Waals surface area contributed by atoms with Gasteiger partial charge in [-0.15, -0.1) is 0 Å². The number of nitrogens with one attached hydrogen (secondary N) is 1. The van der Waals surface area contributed by atoms with Gasteiger partial charge in [-0.25, -0.2) is 9.59 Å². The second kappa shape index (κ2) is 7.12. The van der Waals surface area contributed by atoms with Crippen LogP contribution in [0.25, 0.3) is 0 Å². The third-order valence-corrected chi connectivity index (χ3v) is 3.43. The van der Waals surface area contributed by atoms with Crippen LogP contribution in [0.2, 0.25) is 0 Å². The summed E-state index contributed by atoms with van der Waals surface area (Å²) in [5, 5.41) is 11.5. The molecule has 126 valence electrons. The molecule has 1 atom stereocenters. The van der Waals surface area contributed by atoms with Gasteiger partial charge in [-0.1, -0.05) is 0 Å². The molecule has 0 radical (unpaired) electrons. The van der Waals surface area contributed by atoms with E-state index in [1.165, 1.54) is 30.2 Å². The lowest BCUT2D eigenvalue weighted by molar-refractivity contribution is -0.141. The molecule has 1 aromatic carbocycles. The van der Waals surface area contributed by atoms with E-state index in [1.807, 2.05) is 0 Å². The van der Waals surface area contributed by atoms with Crippen molar-refractivity contribution in [1.82, 2.24) is 4.90 Å². The molecule has 1 heterocycles. The third-order valence-electron chi connectivity index (χ3n) is 3.43. The van der Waals surface area contributed by atoms with Crippen LogP contribution in [0.3, 0.4) is 0 Å². The molecule has 1 unspecified atom stereocenters. The molecule has 9 heteroatoms. The number of halogens is 2. The highest BCUT2D eigenvalue weighted by Gasteiger charge is 2.34. The summed E-state index contributed by atoms with van der Waals surface area (Å²) in [7, 11) is 1.30. The first-order chi connectivity index (χ1) is 10.9. The van der Waals surface area contributed by atoms with Gasteiger partial charge in [-0.3, -0.25) is 0 Å². The van der Waals surface area contributed by atoms with E-state index in [4.69, 9.17) is 9.84 Å². The van der Waals surface area contributed by atoms with Crippen molar-refractivity contribution in [1.29, 1.82) is 0 Å². The van der Waals surface area contributed by atoms with Gasteiger partial charge in [0.1, 0.15) is 6.04 Å². The summed E-state index contributed by atoms with van der Waals surface area (Å²) in [6, 6.07) is 2.51. The number of methoxy groups -OCH3 is 1. The smallest absolute Gasteiger partial charge is 0.387 e. The van der Waals surface area contributed by atoms with Gasteiger partial charge in [0.25, 0.3) is 0 Å². The number of aliphatic carboxylic acids is 1. The fourth-order valence-corrected chi connectivity index (χ4v) is 2.40. The van der Waals surface area contributed by atoms with Crippen LogP contribution in [0.4, 0.5) is 19.3 Å². The summed E-state index contributed by atoms with van der Waals surface area (Å²) in [6.45, 7) is -2.72. The molecule has 0 spiro atoms. The van der Waals surface area contributed by atoms with Gasteiger partial charge in [0.2, 0.25) is 0 Å². The maximum atomic E-state index is 12.4. The number of rotatable bonds is 5. The van der Waals surface area contributed by atoms with Crippen LogP contribution < -0.4 is 14.8 Å². The van der Waals surface area contributed by atoms with Crippen LogP contribution >= 0.6 is 0 Å². The molecule has 0 aromatic heterocycles. The average Bonchev–Trinajstić information content (AvgIpc) is 2.96. The minimum Gasteiger partial charge on any atom is -0.493 e. The highest BCUT2D eigenvalue weighted by Crippen LogP contribution is 2.31.